The van der Waals surface area contributed by atoms with Gasteiger partial charge in [0.05, 0.1) is 6.61 Å². The number of nitrogen functional groups attached to an aromatic ring is 1. The van der Waals surface area contributed by atoms with E-state index in [1.54, 1.807) is 34.9 Å². The van der Waals surface area contributed by atoms with Gasteiger partial charge in [0.1, 0.15) is 16.4 Å². The maximum Gasteiger partial charge on any atom is 0.269 e. The first-order chi connectivity index (χ1) is 12.9. The van der Waals surface area contributed by atoms with Crippen molar-refractivity contribution >= 4 is 52.6 Å². The molecule has 1 aromatic heterocycles. The molecule has 27 heavy (non-hydrogen) atoms. The van der Waals surface area contributed by atoms with Gasteiger partial charge in [-0.2, -0.15) is 0 Å². The van der Waals surface area contributed by atoms with Gasteiger partial charge in [-0.1, -0.05) is 22.9 Å². The Kier molecular flexibility index (Phi) is 5.84. The zero-order valence-electron chi connectivity index (χ0n) is 14.8. The lowest BCUT2D eigenvalue weighted by Crippen LogP contribution is -2.13. The number of benzene rings is 2. The van der Waals surface area contributed by atoms with Gasteiger partial charge >= 0.3 is 0 Å². The molecule has 0 spiro atoms. The Bertz CT molecular complexity index is 1040. The van der Waals surface area contributed by atoms with Crippen molar-refractivity contribution in [2.45, 2.75) is 13.8 Å². The van der Waals surface area contributed by atoms with E-state index < -0.39 is 0 Å². The molecule has 0 bridgehead atoms. The Balaban J connectivity index is 1.88. The fraction of sp³-hybridized carbons (Fsp3) is 0.158. The predicted molar refractivity (Wildman–Crippen MR) is 114 cm³/mol. The molecule has 1 heterocycles. The highest BCUT2D eigenvalue weighted by atomic mass is 35.5. The average Bonchev–Trinajstić information content (AvgIpc) is 2.94. The fourth-order valence-electron chi connectivity index (χ4n) is 2.55. The summed E-state index contributed by atoms with van der Waals surface area (Å²) >= 11 is 12.7. The third kappa shape index (κ3) is 4.16. The number of carbonyl (C=O) groups is 1. The van der Waals surface area contributed by atoms with Gasteiger partial charge < -0.3 is 15.8 Å². The number of hydrogen-bond acceptors (Lipinski definition) is 5. The van der Waals surface area contributed by atoms with Gasteiger partial charge in [-0.15, -0.1) is 0 Å². The molecule has 140 valence electrons. The molecule has 0 radical (unpaired) electrons. The van der Waals surface area contributed by atoms with Gasteiger partial charge in [-0.25, -0.2) is 0 Å². The summed E-state index contributed by atoms with van der Waals surface area (Å²) in [5.74, 6) is 0.738. The van der Waals surface area contributed by atoms with E-state index in [1.807, 2.05) is 26.0 Å². The van der Waals surface area contributed by atoms with Gasteiger partial charge in [0, 0.05) is 16.4 Å². The summed E-state index contributed by atoms with van der Waals surface area (Å²) in [4.78, 5) is 13.0. The van der Waals surface area contributed by atoms with Gasteiger partial charge in [0.25, 0.3) is 5.91 Å². The van der Waals surface area contributed by atoms with Crippen molar-refractivity contribution in [3.05, 3.63) is 61.9 Å². The van der Waals surface area contributed by atoms with E-state index in [0.29, 0.717) is 32.0 Å². The lowest BCUT2D eigenvalue weighted by molar-refractivity contribution is 0.103. The number of nitrogens with one attached hydrogen (secondary N) is 1. The number of anilines is 2. The third-order valence-corrected chi connectivity index (χ3v) is 5.69. The maximum absolute atomic E-state index is 12.7. The summed E-state index contributed by atoms with van der Waals surface area (Å²) in [6.07, 6.45) is 0. The molecule has 3 rings (SSSR count). The van der Waals surface area contributed by atoms with Crippen molar-refractivity contribution in [1.29, 1.82) is 0 Å². The molecule has 3 N–H and O–H groups in total. The number of thiazole rings is 1. The highest BCUT2D eigenvalue weighted by Crippen LogP contribution is 2.29. The van der Waals surface area contributed by atoms with Crippen molar-refractivity contribution in [2.75, 3.05) is 17.7 Å². The smallest absolute Gasteiger partial charge is 0.269 e. The van der Waals surface area contributed by atoms with Crippen molar-refractivity contribution < 1.29 is 9.53 Å². The molecule has 3 aromatic rings. The quantitative estimate of drug-likeness (QED) is 0.538. The minimum absolute atomic E-state index is 0.301. The van der Waals surface area contributed by atoms with E-state index in [4.69, 9.17) is 34.3 Å². The minimum Gasteiger partial charge on any atom is -0.494 e. The van der Waals surface area contributed by atoms with E-state index >= 15 is 0 Å². The predicted octanol–water partition coefficient (Wildman–Crippen LogP) is 5.46. The zero-order valence-corrected chi connectivity index (χ0v) is 17.2. The van der Waals surface area contributed by atoms with E-state index in [2.05, 4.69) is 5.32 Å². The molecule has 5 nitrogen and oxygen atoms in total. The van der Waals surface area contributed by atoms with Crippen LogP contribution >= 0.6 is 35.2 Å². The highest BCUT2D eigenvalue weighted by Gasteiger charge is 2.18. The molecule has 0 aliphatic heterocycles. The Morgan fingerprint density at radius 2 is 2.00 bits per heavy atom. The van der Waals surface area contributed by atoms with Crippen LogP contribution in [0.4, 0.5) is 11.5 Å². The molecule has 0 fully saturated rings. The van der Waals surface area contributed by atoms with Crippen LogP contribution in [0.3, 0.4) is 0 Å². The summed E-state index contributed by atoms with van der Waals surface area (Å²) in [7, 11) is 0. The van der Waals surface area contributed by atoms with Crippen LogP contribution in [0, 0.1) is 10.9 Å². The van der Waals surface area contributed by atoms with Crippen LogP contribution in [0.15, 0.2) is 42.5 Å². The average molecular weight is 420 g/mol. The molecule has 0 unspecified atom stereocenters. The number of nitrogens with zero attached hydrogens (tertiary/aromatic N) is 1. The van der Waals surface area contributed by atoms with E-state index in [9.17, 15) is 4.79 Å². The topological polar surface area (TPSA) is 69.3 Å². The summed E-state index contributed by atoms with van der Waals surface area (Å²) in [6, 6.07) is 12.6. The lowest BCUT2D eigenvalue weighted by Gasteiger charge is -2.09. The zero-order chi connectivity index (χ0) is 19.6. The number of nitrogens with two attached hydrogens (primary N) is 1. The first kappa shape index (κ1) is 19.4. The summed E-state index contributed by atoms with van der Waals surface area (Å²) < 4.78 is 7.57. The largest absolute Gasteiger partial charge is 0.494 e. The molecule has 0 aliphatic carbocycles. The van der Waals surface area contributed by atoms with Crippen LogP contribution in [-0.2, 0) is 0 Å². The van der Waals surface area contributed by atoms with Crippen LogP contribution in [-0.4, -0.2) is 17.1 Å². The fourth-order valence-corrected chi connectivity index (χ4v) is 3.93. The third-order valence-electron chi connectivity index (χ3n) is 3.87. The van der Waals surface area contributed by atoms with Gasteiger partial charge in [0.15, 0.2) is 3.95 Å². The maximum atomic E-state index is 12.7. The number of halogens is 1. The van der Waals surface area contributed by atoms with Crippen LogP contribution in [0.1, 0.15) is 22.2 Å². The number of ether oxygens (including phenoxy) is 1. The number of aryl methyl sites for hydroxylation is 1. The first-order valence-electron chi connectivity index (χ1n) is 8.22. The monoisotopic (exact) mass is 419 g/mol. The summed E-state index contributed by atoms with van der Waals surface area (Å²) in [5.41, 5.74) is 8.56. The van der Waals surface area contributed by atoms with E-state index in [0.717, 1.165) is 17.0 Å². The normalized spacial score (nSPS) is 10.6. The Morgan fingerprint density at radius 3 is 2.63 bits per heavy atom. The Hall–Kier alpha value is -2.35. The van der Waals surface area contributed by atoms with Crippen molar-refractivity contribution in [1.82, 2.24) is 4.57 Å². The van der Waals surface area contributed by atoms with Crippen LogP contribution < -0.4 is 15.8 Å². The van der Waals surface area contributed by atoms with Crippen LogP contribution in [0.5, 0.6) is 5.75 Å². The Morgan fingerprint density at radius 1 is 1.30 bits per heavy atom. The lowest BCUT2D eigenvalue weighted by atomic mass is 10.2. The molecule has 0 saturated heterocycles. The van der Waals surface area contributed by atoms with Gasteiger partial charge in [0.2, 0.25) is 0 Å². The second kappa shape index (κ2) is 8.12. The number of carbonyl (C=O) groups excluding carboxylic acids is 1. The standard InChI is InChI=1S/C19H18ClN3O2S2/c1-3-25-14-7-4-12(5-8-14)22-18(24)16-17(21)23(19(26)27-16)13-6-9-15(20)11(2)10-13/h4-10H,3,21H2,1-2H3,(H,22,24). The van der Waals surface area contributed by atoms with Crippen molar-refractivity contribution in [3.63, 3.8) is 0 Å². The molecule has 0 aliphatic rings. The second-order valence-corrected chi connectivity index (χ2v) is 7.81. The highest BCUT2D eigenvalue weighted by molar-refractivity contribution is 7.73. The molecule has 1 amide bonds. The molecule has 0 atom stereocenters. The summed E-state index contributed by atoms with van der Waals surface area (Å²) in [5, 5.41) is 3.50. The van der Waals surface area contributed by atoms with Crippen molar-refractivity contribution in [3.8, 4) is 11.4 Å². The van der Waals surface area contributed by atoms with E-state index in [1.165, 1.54) is 11.3 Å². The minimum atomic E-state index is -0.308. The van der Waals surface area contributed by atoms with Crippen molar-refractivity contribution in [2.24, 2.45) is 0 Å². The molecular formula is C19H18ClN3O2S2. The SMILES string of the molecule is CCOc1ccc(NC(=O)c2sc(=S)n(-c3ccc(Cl)c(C)c3)c2N)cc1. The molecular weight excluding hydrogens is 402 g/mol. The first-order valence-corrected chi connectivity index (χ1v) is 9.83. The number of amides is 1. The second-order valence-electron chi connectivity index (χ2n) is 5.76. The van der Waals surface area contributed by atoms with Gasteiger partial charge in [-0.3, -0.25) is 9.36 Å². The number of hydrogen-bond donors (Lipinski definition) is 2. The van der Waals surface area contributed by atoms with Crippen LogP contribution in [0.25, 0.3) is 5.69 Å². The molecule has 0 saturated carbocycles. The number of aromatic nitrogens is 1. The van der Waals surface area contributed by atoms with E-state index in [-0.39, 0.29) is 5.91 Å². The molecule has 8 heteroatoms. The Labute approximate surface area is 171 Å². The van der Waals surface area contributed by atoms with Gasteiger partial charge in [-0.05, 0) is 74.1 Å². The summed E-state index contributed by atoms with van der Waals surface area (Å²) in [6.45, 7) is 4.40. The molecule has 2 aromatic carbocycles. The van der Waals surface area contributed by atoms with Crippen LogP contribution in [0.2, 0.25) is 5.02 Å². The number of rotatable bonds is 5.